The molecule has 2 heterocycles. The summed E-state index contributed by atoms with van der Waals surface area (Å²) in [5.41, 5.74) is 1.24. The second-order valence-corrected chi connectivity index (χ2v) is 8.75. The first-order valence-corrected chi connectivity index (χ1v) is 12.1. The van der Waals surface area contributed by atoms with E-state index in [-0.39, 0.29) is 11.8 Å². The average molecular weight is 430 g/mol. The first-order valence-electron chi connectivity index (χ1n) is 11.3. The normalized spacial score (nSPS) is 15.9. The monoisotopic (exact) mass is 429 g/mol. The predicted octanol–water partition coefficient (Wildman–Crippen LogP) is 3.58. The Labute approximate surface area is 184 Å². The van der Waals surface area contributed by atoms with E-state index < -0.39 is 0 Å². The van der Waals surface area contributed by atoms with Crippen molar-refractivity contribution in [1.82, 2.24) is 19.6 Å². The molecule has 2 aromatic rings. The van der Waals surface area contributed by atoms with E-state index in [1.165, 1.54) is 17.1 Å². The molecule has 0 bridgehead atoms. The van der Waals surface area contributed by atoms with Crippen molar-refractivity contribution in [3.05, 3.63) is 41.7 Å². The molecular weight excluding hydrogens is 394 g/mol. The standard InChI is InChI=1S/C23H35N5OS/c1-3-5-11-20(4-2)22(29)24-12-13-27-14-16-28(17-15-27)23-25-21(26-30-23)18-19-9-7-6-8-10-19/h6-10,20H,3-5,11-18H2,1-2H3,(H,24,29)/t20-/m1/s1. The van der Waals surface area contributed by atoms with Crippen molar-refractivity contribution in [3.63, 3.8) is 0 Å². The molecule has 1 aromatic carbocycles. The number of unbranched alkanes of at least 4 members (excludes halogenated alkanes) is 1. The van der Waals surface area contributed by atoms with Gasteiger partial charge in [-0.15, -0.1) is 0 Å². The number of hydrogen-bond acceptors (Lipinski definition) is 6. The highest BCUT2D eigenvalue weighted by Crippen LogP contribution is 2.20. The molecule has 1 atom stereocenters. The minimum atomic E-state index is 0.171. The van der Waals surface area contributed by atoms with Crippen molar-refractivity contribution in [2.45, 2.75) is 46.0 Å². The molecule has 1 amide bonds. The number of benzene rings is 1. The summed E-state index contributed by atoms with van der Waals surface area (Å²) >= 11 is 1.50. The molecule has 0 unspecified atom stereocenters. The highest BCUT2D eigenvalue weighted by Gasteiger charge is 2.21. The van der Waals surface area contributed by atoms with Gasteiger partial charge in [-0.1, -0.05) is 57.0 Å². The molecule has 30 heavy (non-hydrogen) atoms. The predicted molar refractivity (Wildman–Crippen MR) is 124 cm³/mol. The van der Waals surface area contributed by atoms with Crippen molar-refractivity contribution in [1.29, 1.82) is 0 Å². The zero-order valence-electron chi connectivity index (χ0n) is 18.3. The summed E-state index contributed by atoms with van der Waals surface area (Å²) in [5, 5.41) is 4.17. The van der Waals surface area contributed by atoms with Crippen LogP contribution in [0.15, 0.2) is 30.3 Å². The topological polar surface area (TPSA) is 61.4 Å². The van der Waals surface area contributed by atoms with E-state index in [1.54, 1.807) is 0 Å². The number of piperazine rings is 1. The van der Waals surface area contributed by atoms with E-state index >= 15 is 0 Å². The Kier molecular flexibility index (Phi) is 9.08. The van der Waals surface area contributed by atoms with Crippen molar-refractivity contribution in [3.8, 4) is 0 Å². The van der Waals surface area contributed by atoms with Crippen LogP contribution in [-0.2, 0) is 11.2 Å². The molecule has 0 radical (unpaired) electrons. The second-order valence-electron chi connectivity index (χ2n) is 8.02. The fourth-order valence-corrected chi connectivity index (χ4v) is 4.58. The molecule has 1 N–H and O–H groups in total. The lowest BCUT2D eigenvalue weighted by atomic mass is 9.98. The third-order valence-corrected chi connectivity index (χ3v) is 6.62. The number of carbonyl (C=O) groups is 1. The van der Waals surface area contributed by atoms with Crippen LogP contribution in [0.25, 0.3) is 0 Å². The van der Waals surface area contributed by atoms with E-state index in [4.69, 9.17) is 4.98 Å². The number of amides is 1. The molecule has 1 aromatic heterocycles. The number of aromatic nitrogens is 2. The maximum Gasteiger partial charge on any atom is 0.223 e. The van der Waals surface area contributed by atoms with Gasteiger partial charge in [-0.05, 0) is 18.4 Å². The Morgan fingerprint density at radius 3 is 2.63 bits per heavy atom. The van der Waals surface area contributed by atoms with Crippen LogP contribution in [0.3, 0.4) is 0 Å². The van der Waals surface area contributed by atoms with Crippen LogP contribution < -0.4 is 10.2 Å². The van der Waals surface area contributed by atoms with Crippen LogP contribution in [0.4, 0.5) is 5.13 Å². The van der Waals surface area contributed by atoms with Crippen molar-refractivity contribution in [2.24, 2.45) is 5.92 Å². The van der Waals surface area contributed by atoms with Crippen LogP contribution in [0.2, 0.25) is 0 Å². The van der Waals surface area contributed by atoms with Gasteiger partial charge in [0.15, 0.2) is 0 Å². The summed E-state index contributed by atoms with van der Waals surface area (Å²) < 4.78 is 4.55. The van der Waals surface area contributed by atoms with Gasteiger partial charge >= 0.3 is 0 Å². The smallest absolute Gasteiger partial charge is 0.223 e. The molecule has 0 spiro atoms. The van der Waals surface area contributed by atoms with E-state index in [1.807, 2.05) is 6.07 Å². The SMILES string of the molecule is CCCC[C@@H](CC)C(=O)NCCN1CCN(c2nc(Cc3ccccc3)ns2)CC1. The Morgan fingerprint density at radius 1 is 1.17 bits per heavy atom. The van der Waals surface area contributed by atoms with Gasteiger partial charge in [0.2, 0.25) is 11.0 Å². The summed E-state index contributed by atoms with van der Waals surface area (Å²) in [4.78, 5) is 21.8. The second kappa shape index (κ2) is 12.0. The van der Waals surface area contributed by atoms with E-state index in [9.17, 15) is 4.79 Å². The van der Waals surface area contributed by atoms with Crippen LogP contribution in [-0.4, -0.2) is 59.4 Å². The Hall–Kier alpha value is -1.99. The molecule has 164 valence electrons. The molecule has 0 saturated carbocycles. The van der Waals surface area contributed by atoms with Gasteiger partial charge in [0.1, 0.15) is 5.82 Å². The first-order chi connectivity index (χ1) is 14.7. The highest BCUT2D eigenvalue weighted by atomic mass is 32.1. The van der Waals surface area contributed by atoms with Gasteiger partial charge in [0.05, 0.1) is 0 Å². The lowest BCUT2D eigenvalue weighted by Crippen LogP contribution is -2.48. The molecule has 1 fully saturated rings. The van der Waals surface area contributed by atoms with E-state index in [0.717, 1.165) is 82.3 Å². The lowest BCUT2D eigenvalue weighted by Gasteiger charge is -2.34. The lowest BCUT2D eigenvalue weighted by molar-refractivity contribution is -0.125. The van der Waals surface area contributed by atoms with Gasteiger partial charge in [-0.2, -0.15) is 4.37 Å². The summed E-state index contributed by atoms with van der Waals surface area (Å²) in [7, 11) is 0. The molecule has 1 aliphatic heterocycles. The number of carbonyl (C=O) groups excluding carboxylic acids is 1. The van der Waals surface area contributed by atoms with Crippen molar-refractivity contribution >= 4 is 22.6 Å². The number of nitrogens with zero attached hydrogens (tertiary/aromatic N) is 4. The number of rotatable bonds is 11. The number of nitrogens with one attached hydrogen (secondary N) is 1. The van der Waals surface area contributed by atoms with Gasteiger partial charge in [-0.25, -0.2) is 4.98 Å². The van der Waals surface area contributed by atoms with Crippen LogP contribution in [0.1, 0.15) is 50.9 Å². The fraction of sp³-hybridized carbons (Fsp3) is 0.609. The minimum Gasteiger partial charge on any atom is -0.355 e. The zero-order valence-corrected chi connectivity index (χ0v) is 19.2. The van der Waals surface area contributed by atoms with Crippen LogP contribution >= 0.6 is 11.5 Å². The molecule has 3 rings (SSSR count). The fourth-order valence-electron chi connectivity index (χ4n) is 3.84. The Balaban J connectivity index is 1.37. The quantitative estimate of drug-likeness (QED) is 0.592. The van der Waals surface area contributed by atoms with Gasteiger partial charge in [-0.3, -0.25) is 9.69 Å². The van der Waals surface area contributed by atoms with Crippen LogP contribution in [0, 0.1) is 5.92 Å². The third kappa shape index (κ3) is 6.77. The highest BCUT2D eigenvalue weighted by molar-refractivity contribution is 7.09. The molecule has 1 aliphatic rings. The third-order valence-electron chi connectivity index (χ3n) is 5.80. The largest absolute Gasteiger partial charge is 0.355 e. The summed E-state index contributed by atoms with van der Waals surface area (Å²) in [6, 6.07) is 10.4. The maximum atomic E-state index is 12.3. The van der Waals surface area contributed by atoms with E-state index in [0.29, 0.717) is 0 Å². The van der Waals surface area contributed by atoms with Crippen LogP contribution in [0.5, 0.6) is 0 Å². The minimum absolute atomic E-state index is 0.171. The van der Waals surface area contributed by atoms with Gasteiger partial charge < -0.3 is 10.2 Å². The Bertz CT molecular complexity index is 758. The Morgan fingerprint density at radius 2 is 1.93 bits per heavy atom. The van der Waals surface area contributed by atoms with Gasteiger partial charge in [0.25, 0.3) is 0 Å². The molecule has 6 nitrogen and oxygen atoms in total. The number of hydrogen-bond donors (Lipinski definition) is 1. The van der Waals surface area contributed by atoms with Crippen molar-refractivity contribution in [2.75, 3.05) is 44.2 Å². The summed E-state index contributed by atoms with van der Waals surface area (Å²) in [6.07, 6.45) is 5.00. The average Bonchev–Trinajstić information content (AvgIpc) is 3.24. The summed E-state index contributed by atoms with van der Waals surface area (Å²) in [5.74, 6) is 1.30. The molecule has 1 saturated heterocycles. The van der Waals surface area contributed by atoms with E-state index in [2.05, 4.69) is 57.6 Å². The first kappa shape index (κ1) is 22.7. The van der Waals surface area contributed by atoms with Crippen molar-refractivity contribution < 1.29 is 4.79 Å². The summed E-state index contributed by atoms with van der Waals surface area (Å²) in [6.45, 7) is 9.85. The molecule has 0 aliphatic carbocycles. The maximum absolute atomic E-state index is 12.3. The molecular formula is C23H35N5OS. The zero-order chi connectivity index (χ0) is 21.2. The number of anilines is 1. The molecule has 7 heteroatoms. The van der Waals surface area contributed by atoms with Gasteiger partial charge in [0, 0.05) is 63.1 Å².